The fourth-order valence-corrected chi connectivity index (χ4v) is 2.43. The van der Waals surface area contributed by atoms with Crippen molar-refractivity contribution in [2.24, 2.45) is 0 Å². The lowest BCUT2D eigenvalue weighted by Crippen LogP contribution is -2.08. The van der Waals surface area contributed by atoms with Gasteiger partial charge in [0.25, 0.3) is 0 Å². The molecule has 0 bridgehead atoms. The van der Waals surface area contributed by atoms with Gasteiger partial charge in [-0.3, -0.25) is 10.1 Å². The number of anilines is 3. The quantitative estimate of drug-likeness (QED) is 0.470. The summed E-state index contributed by atoms with van der Waals surface area (Å²) in [6, 6.07) is 8.35. The van der Waals surface area contributed by atoms with Crippen molar-refractivity contribution in [3.63, 3.8) is 0 Å². The third-order valence-corrected chi connectivity index (χ3v) is 3.66. The zero-order valence-electron chi connectivity index (χ0n) is 13.6. The van der Waals surface area contributed by atoms with E-state index in [9.17, 15) is 10.1 Å². The van der Waals surface area contributed by atoms with Gasteiger partial charge in [0, 0.05) is 5.02 Å². The van der Waals surface area contributed by atoms with Gasteiger partial charge < -0.3 is 19.8 Å². The number of hydrogen-bond donors (Lipinski definition) is 2. The highest BCUT2D eigenvalue weighted by atomic mass is 35.5. The molecular weight excluding hydrogens is 362 g/mol. The van der Waals surface area contributed by atoms with E-state index in [1.165, 1.54) is 19.7 Å². The molecule has 2 N–H and O–H groups in total. The minimum atomic E-state index is -0.566. The number of rotatable bonds is 7. The predicted octanol–water partition coefficient (Wildman–Crippen LogP) is 4.00. The van der Waals surface area contributed by atoms with Gasteiger partial charge in [-0.1, -0.05) is 11.6 Å². The molecule has 2 aromatic heterocycles. The van der Waals surface area contributed by atoms with Crippen LogP contribution in [0.2, 0.25) is 5.02 Å². The Hall–Kier alpha value is -3.33. The standard InChI is InChI=1S/C16H14ClN5O4/c1-25-13-5-4-10(17)7-12(13)21-16-14(22(23)24)15(19-9-20-16)18-8-11-3-2-6-26-11/h2-7,9H,8H2,1H3,(H2,18,19,20,21). The van der Waals surface area contributed by atoms with E-state index in [2.05, 4.69) is 20.6 Å². The highest BCUT2D eigenvalue weighted by Crippen LogP contribution is 2.35. The second-order valence-electron chi connectivity index (χ2n) is 5.08. The van der Waals surface area contributed by atoms with Crippen LogP contribution in [0.1, 0.15) is 5.76 Å². The van der Waals surface area contributed by atoms with E-state index in [1.807, 2.05) is 0 Å². The van der Waals surface area contributed by atoms with E-state index in [-0.39, 0.29) is 23.9 Å². The average molecular weight is 376 g/mol. The van der Waals surface area contributed by atoms with Crippen molar-refractivity contribution in [3.8, 4) is 5.75 Å². The first-order valence-electron chi connectivity index (χ1n) is 7.44. The summed E-state index contributed by atoms with van der Waals surface area (Å²) in [5, 5.41) is 17.8. The summed E-state index contributed by atoms with van der Waals surface area (Å²) in [5.74, 6) is 1.15. The molecule has 0 aliphatic rings. The highest BCUT2D eigenvalue weighted by Gasteiger charge is 2.24. The van der Waals surface area contributed by atoms with E-state index in [0.717, 1.165) is 0 Å². The summed E-state index contributed by atoms with van der Waals surface area (Å²) in [7, 11) is 1.49. The lowest BCUT2D eigenvalue weighted by molar-refractivity contribution is -0.383. The van der Waals surface area contributed by atoms with Gasteiger partial charge in [-0.15, -0.1) is 0 Å². The molecule has 0 radical (unpaired) electrons. The number of nitrogens with one attached hydrogen (secondary N) is 2. The Morgan fingerprint density at radius 2 is 2.12 bits per heavy atom. The van der Waals surface area contributed by atoms with Crippen LogP contribution in [0.15, 0.2) is 47.3 Å². The van der Waals surface area contributed by atoms with Crippen molar-refractivity contribution in [1.82, 2.24) is 9.97 Å². The number of furan rings is 1. The minimum absolute atomic E-state index is 0.00696. The molecule has 0 aliphatic carbocycles. The summed E-state index contributed by atoms with van der Waals surface area (Å²) in [5.41, 5.74) is 0.139. The number of methoxy groups -OCH3 is 1. The Labute approximate surface area is 153 Å². The number of halogens is 1. The van der Waals surface area contributed by atoms with E-state index in [1.54, 1.807) is 30.3 Å². The molecule has 2 heterocycles. The molecule has 3 rings (SSSR count). The molecule has 0 unspecified atom stereocenters. The molecule has 134 valence electrons. The van der Waals surface area contributed by atoms with Gasteiger partial charge in [-0.2, -0.15) is 0 Å². The molecule has 0 aliphatic heterocycles. The molecular formula is C16H14ClN5O4. The maximum absolute atomic E-state index is 11.6. The SMILES string of the molecule is COc1ccc(Cl)cc1Nc1ncnc(NCc2ccco2)c1[N+](=O)[O-]. The van der Waals surface area contributed by atoms with Gasteiger partial charge in [0.05, 0.1) is 30.5 Å². The van der Waals surface area contributed by atoms with Gasteiger partial charge in [0.1, 0.15) is 17.8 Å². The van der Waals surface area contributed by atoms with Gasteiger partial charge in [-0.05, 0) is 30.3 Å². The van der Waals surface area contributed by atoms with Crippen LogP contribution in [0.3, 0.4) is 0 Å². The van der Waals surface area contributed by atoms with Gasteiger partial charge in [-0.25, -0.2) is 9.97 Å². The van der Waals surface area contributed by atoms with Crippen LogP contribution in [0.25, 0.3) is 0 Å². The number of aromatic nitrogens is 2. The predicted molar refractivity (Wildman–Crippen MR) is 96.0 cm³/mol. The molecule has 0 spiro atoms. The summed E-state index contributed by atoms with van der Waals surface area (Å²) in [4.78, 5) is 19.0. The summed E-state index contributed by atoms with van der Waals surface area (Å²) < 4.78 is 10.4. The second kappa shape index (κ2) is 7.70. The summed E-state index contributed by atoms with van der Waals surface area (Å²) in [6.45, 7) is 0.241. The zero-order chi connectivity index (χ0) is 18.5. The molecule has 0 atom stereocenters. The summed E-state index contributed by atoms with van der Waals surface area (Å²) in [6.07, 6.45) is 2.74. The largest absolute Gasteiger partial charge is 0.495 e. The molecule has 26 heavy (non-hydrogen) atoms. The van der Waals surface area contributed by atoms with Crippen LogP contribution in [0, 0.1) is 10.1 Å². The Morgan fingerprint density at radius 1 is 1.31 bits per heavy atom. The van der Waals surface area contributed by atoms with Crippen LogP contribution in [0.5, 0.6) is 5.75 Å². The first-order chi connectivity index (χ1) is 12.6. The Kier molecular flexibility index (Phi) is 5.18. The molecule has 9 nitrogen and oxygen atoms in total. The fraction of sp³-hybridized carbons (Fsp3) is 0.125. The maximum Gasteiger partial charge on any atom is 0.353 e. The molecule has 1 aromatic carbocycles. The molecule has 0 saturated heterocycles. The number of ether oxygens (including phenoxy) is 1. The smallest absolute Gasteiger partial charge is 0.353 e. The third kappa shape index (κ3) is 3.83. The number of hydrogen-bond acceptors (Lipinski definition) is 8. The number of benzene rings is 1. The van der Waals surface area contributed by atoms with Gasteiger partial charge >= 0.3 is 5.69 Å². The van der Waals surface area contributed by atoms with Crippen LogP contribution in [-0.4, -0.2) is 22.0 Å². The average Bonchev–Trinajstić information content (AvgIpc) is 3.13. The topological polar surface area (TPSA) is 115 Å². The van der Waals surface area contributed by atoms with Crippen molar-refractivity contribution >= 4 is 34.6 Å². The van der Waals surface area contributed by atoms with Gasteiger partial charge in [0.15, 0.2) is 0 Å². The van der Waals surface area contributed by atoms with E-state index in [4.69, 9.17) is 20.8 Å². The molecule has 3 aromatic rings. The van der Waals surface area contributed by atoms with Crippen LogP contribution < -0.4 is 15.4 Å². The Balaban J connectivity index is 1.93. The normalized spacial score (nSPS) is 10.4. The van der Waals surface area contributed by atoms with E-state index >= 15 is 0 Å². The lowest BCUT2D eigenvalue weighted by atomic mass is 10.3. The van der Waals surface area contributed by atoms with Crippen LogP contribution >= 0.6 is 11.6 Å². The van der Waals surface area contributed by atoms with Crippen molar-refractivity contribution < 1.29 is 14.1 Å². The number of nitrogens with zero attached hydrogens (tertiary/aromatic N) is 3. The van der Waals surface area contributed by atoms with Crippen molar-refractivity contribution in [2.75, 3.05) is 17.7 Å². The van der Waals surface area contributed by atoms with Crippen molar-refractivity contribution in [1.29, 1.82) is 0 Å². The first kappa shape index (κ1) is 17.5. The number of nitro groups is 1. The van der Waals surface area contributed by atoms with Gasteiger partial charge in [0.2, 0.25) is 11.6 Å². The van der Waals surface area contributed by atoms with E-state index < -0.39 is 4.92 Å². The van der Waals surface area contributed by atoms with Crippen molar-refractivity contribution in [3.05, 3.63) is 63.8 Å². The maximum atomic E-state index is 11.6. The summed E-state index contributed by atoms with van der Waals surface area (Å²) >= 11 is 6.00. The molecule has 10 heteroatoms. The zero-order valence-corrected chi connectivity index (χ0v) is 14.4. The third-order valence-electron chi connectivity index (χ3n) is 3.43. The molecule has 0 saturated carbocycles. The lowest BCUT2D eigenvalue weighted by Gasteiger charge is -2.12. The van der Waals surface area contributed by atoms with E-state index in [0.29, 0.717) is 22.2 Å². The highest BCUT2D eigenvalue weighted by molar-refractivity contribution is 6.31. The minimum Gasteiger partial charge on any atom is -0.495 e. The second-order valence-corrected chi connectivity index (χ2v) is 5.52. The molecule has 0 amide bonds. The first-order valence-corrected chi connectivity index (χ1v) is 7.82. The van der Waals surface area contributed by atoms with Crippen LogP contribution in [-0.2, 0) is 6.54 Å². The fourth-order valence-electron chi connectivity index (χ4n) is 2.26. The monoisotopic (exact) mass is 375 g/mol. The van der Waals surface area contributed by atoms with Crippen molar-refractivity contribution in [2.45, 2.75) is 6.54 Å². The molecule has 0 fully saturated rings. The Morgan fingerprint density at radius 3 is 2.81 bits per heavy atom. The van der Waals surface area contributed by atoms with Crippen LogP contribution in [0.4, 0.5) is 23.0 Å². The Bertz CT molecular complexity index is 917.